The molecule has 0 heterocycles. The van der Waals surface area contributed by atoms with Gasteiger partial charge in [-0.3, -0.25) is 4.79 Å². The summed E-state index contributed by atoms with van der Waals surface area (Å²) in [6.45, 7) is 5.20. The Morgan fingerprint density at radius 2 is 1.89 bits per heavy atom. The monoisotopic (exact) mass is 249 g/mol. The Labute approximate surface area is 109 Å². The third-order valence-electron chi connectivity index (χ3n) is 3.02. The number of benzene rings is 1. The van der Waals surface area contributed by atoms with E-state index in [9.17, 15) is 4.79 Å². The highest BCUT2D eigenvalue weighted by molar-refractivity contribution is 5.82. The van der Waals surface area contributed by atoms with E-state index in [1.165, 1.54) is 0 Å². The number of nitrogens with two attached hydrogens (primary N) is 2. The molecule has 4 N–H and O–H groups in total. The summed E-state index contributed by atoms with van der Waals surface area (Å²) in [5, 5.41) is 0. The molecule has 1 amide bonds. The zero-order valence-corrected chi connectivity index (χ0v) is 11.4. The van der Waals surface area contributed by atoms with Gasteiger partial charge in [-0.1, -0.05) is 44.2 Å². The average molecular weight is 249 g/mol. The zero-order valence-electron chi connectivity index (χ0n) is 11.4. The van der Waals surface area contributed by atoms with E-state index in [0.717, 1.165) is 5.56 Å². The van der Waals surface area contributed by atoms with E-state index >= 15 is 0 Å². The van der Waals surface area contributed by atoms with Crippen molar-refractivity contribution in [3.05, 3.63) is 35.9 Å². The number of carbonyl (C=O) groups excluding carboxylic acids is 1. The first-order valence-electron chi connectivity index (χ1n) is 6.13. The summed E-state index contributed by atoms with van der Waals surface area (Å²) in [5.74, 6) is -0.0808. The third-order valence-corrected chi connectivity index (χ3v) is 3.02. The molecular formula is C14H23N3O. The Morgan fingerprint density at radius 3 is 2.39 bits per heavy atom. The Morgan fingerprint density at radius 1 is 1.33 bits per heavy atom. The topological polar surface area (TPSA) is 72.3 Å². The van der Waals surface area contributed by atoms with E-state index in [2.05, 4.69) is 0 Å². The number of amides is 1. The van der Waals surface area contributed by atoms with E-state index in [1.807, 2.05) is 44.2 Å². The Hall–Kier alpha value is -1.39. The second-order valence-electron chi connectivity index (χ2n) is 5.45. The molecule has 18 heavy (non-hydrogen) atoms. The van der Waals surface area contributed by atoms with Gasteiger partial charge in [0.15, 0.2) is 0 Å². The van der Waals surface area contributed by atoms with Crippen LogP contribution in [0.5, 0.6) is 0 Å². The lowest BCUT2D eigenvalue weighted by Gasteiger charge is -2.30. The van der Waals surface area contributed by atoms with Crippen LogP contribution in [0.3, 0.4) is 0 Å². The van der Waals surface area contributed by atoms with Gasteiger partial charge >= 0.3 is 0 Å². The van der Waals surface area contributed by atoms with Crippen molar-refractivity contribution >= 4 is 5.91 Å². The van der Waals surface area contributed by atoms with Crippen LogP contribution in [0.25, 0.3) is 0 Å². The van der Waals surface area contributed by atoms with Crippen LogP contribution < -0.4 is 11.5 Å². The second-order valence-corrected chi connectivity index (χ2v) is 5.45. The summed E-state index contributed by atoms with van der Waals surface area (Å²) in [5.41, 5.74) is 12.4. The Kier molecular flexibility index (Phi) is 4.87. The van der Waals surface area contributed by atoms with Crippen molar-refractivity contribution in [2.45, 2.75) is 19.9 Å². The highest BCUT2D eigenvalue weighted by Crippen LogP contribution is 2.17. The minimum absolute atomic E-state index is 0.0808. The first-order valence-corrected chi connectivity index (χ1v) is 6.13. The van der Waals surface area contributed by atoms with Gasteiger partial charge in [-0.15, -0.1) is 0 Å². The van der Waals surface area contributed by atoms with Gasteiger partial charge < -0.3 is 16.4 Å². The first-order chi connectivity index (χ1) is 8.37. The van der Waals surface area contributed by atoms with Crippen molar-refractivity contribution < 1.29 is 4.79 Å². The predicted octanol–water partition coefficient (Wildman–Crippen LogP) is 1.13. The molecule has 4 heteroatoms. The van der Waals surface area contributed by atoms with Crippen molar-refractivity contribution in [1.82, 2.24) is 4.90 Å². The molecule has 1 rings (SSSR count). The average Bonchev–Trinajstić information content (AvgIpc) is 2.37. The number of carbonyl (C=O) groups is 1. The van der Waals surface area contributed by atoms with E-state index < -0.39 is 6.04 Å². The fraction of sp³-hybridized carbons (Fsp3) is 0.500. The molecule has 0 radical (unpaired) electrons. The summed E-state index contributed by atoms with van der Waals surface area (Å²) in [4.78, 5) is 13.9. The molecule has 1 atom stereocenters. The fourth-order valence-corrected chi connectivity index (χ4v) is 1.82. The van der Waals surface area contributed by atoms with E-state index in [4.69, 9.17) is 11.5 Å². The number of likely N-dealkylation sites (N-methyl/N-ethyl adjacent to an activating group) is 1. The molecule has 100 valence electrons. The van der Waals surface area contributed by atoms with E-state index in [0.29, 0.717) is 13.1 Å². The van der Waals surface area contributed by atoms with Gasteiger partial charge in [-0.05, 0) is 17.5 Å². The molecule has 1 unspecified atom stereocenters. The smallest absolute Gasteiger partial charge is 0.243 e. The number of hydrogen-bond acceptors (Lipinski definition) is 3. The first kappa shape index (κ1) is 14.7. The lowest BCUT2D eigenvalue weighted by molar-refractivity contribution is -0.132. The summed E-state index contributed by atoms with van der Waals surface area (Å²) in [7, 11) is 1.77. The van der Waals surface area contributed by atoms with Gasteiger partial charge in [0, 0.05) is 13.6 Å². The van der Waals surface area contributed by atoms with Crippen molar-refractivity contribution in [1.29, 1.82) is 0 Å². The van der Waals surface area contributed by atoms with Crippen LogP contribution >= 0.6 is 0 Å². The van der Waals surface area contributed by atoms with Gasteiger partial charge in [-0.25, -0.2) is 0 Å². The van der Waals surface area contributed by atoms with Gasteiger partial charge in [0.25, 0.3) is 0 Å². The third kappa shape index (κ3) is 3.82. The highest BCUT2D eigenvalue weighted by atomic mass is 16.2. The SMILES string of the molecule is CN(CC(C)(C)CN)C(=O)C(N)c1ccccc1. The molecule has 0 saturated carbocycles. The highest BCUT2D eigenvalue weighted by Gasteiger charge is 2.25. The van der Waals surface area contributed by atoms with Crippen LogP contribution in [0.4, 0.5) is 0 Å². The van der Waals surface area contributed by atoms with Crippen molar-refractivity contribution in [3.63, 3.8) is 0 Å². The Bertz CT molecular complexity index is 389. The van der Waals surface area contributed by atoms with Crippen molar-refractivity contribution in [2.24, 2.45) is 16.9 Å². The summed E-state index contributed by atoms with van der Waals surface area (Å²) in [6.07, 6.45) is 0. The maximum absolute atomic E-state index is 12.2. The molecule has 0 aromatic heterocycles. The standard InChI is InChI=1S/C14H23N3O/c1-14(2,9-15)10-17(3)13(18)12(16)11-7-5-4-6-8-11/h4-8,12H,9-10,15-16H2,1-3H3. The molecule has 0 aliphatic heterocycles. The van der Waals surface area contributed by atoms with Crippen LogP contribution in [0.2, 0.25) is 0 Å². The van der Waals surface area contributed by atoms with Gasteiger partial charge in [0.1, 0.15) is 6.04 Å². The van der Waals surface area contributed by atoms with Crippen LogP contribution in [0, 0.1) is 5.41 Å². The van der Waals surface area contributed by atoms with Crippen LogP contribution in [-0.2, 0) is 4.79 Å². The maximum Gasteiger partial charge on any atom is 0.243 e. The minimum Gasteiger partial charge on any atom is -0.344 e. The van der Waals surface area contributed by atoms with Gasteiger partial charge in [0.05, 0.1) is 0 Å². The Balaban J connectivity index is 2.70. The van der Waals surface area contributed by atoms with Crippen LogP contribution in [-0.4, -0.2) is 30.9 Å². The predicted molar refractivity (Wildman–Crippen MR) is 73.8 cm³/mol. The molecule has 1 aromatic carbocycles. The lowest BCUT2D eigenvalue weighted by Crippen LogP contribution is -2.43. The van der Waals surface area contributed by atoms with Crippen molar-refractivity contribution in [3.8, 4) is 0 Å². The molecule has 1 aromatic rings. The largest absolute Gasteiger partial charge is 0.344 e. The molecule has 0 saturated heterocycles. The molecule has 0 aliphatic carbocycles. The summed E-state index contributed by atoms with van der Waals surface area (Å²) in [6, 6.07) is 8.79. The molecular weight excluding hydrogens is 226 g/mol. The van der Waals surface area contributed by atoms with Crippen LogP contribution in [0.15, 0.2) is 30.3 Å². The number of rotatable bonds is 5. The lowest BCUT2D eigenvalue weighted by atomic mass is 9.93. The van der Waals surface area contributed by atoms with Crippen LogP contribution in [0.1, 0.15) is 25.5 Å². The fourth-order valence-electron chi connectivity index (χ4n) is 1.82. The van der Waals surface area contributed by atoms with Gasteiger partial charge in [0.2, 0.25) is 5.91 Å². The molecule has 4 nitrogen and oxygen atoms in total. The quantitative estimate of drug-likeness (QED) is 0.821. The summed E-state index contributed by atoms with van der Waals surface area (Å²) >= 11 is 0. The molecule has 0 aliphatic rings. The van der Waals surface area contributed by atoms with E-state index in [1.54, 1.807) is 11.9 Å². The molecule has 0 fully saturated rings. The van der Waals surface area contributed by atoms with Crippen molar-refractivity contribution in [2.75, 3.05) is 20.1 Å². The zero-order chi connectivity index (χ0) is 13.8. The second kappa shape index (κ2) is 5.98. The van der Waals surface area contributed by atoms with E-state index in [-0.39, 0.29) is 11.3 Å². The number of nitrogens with zero attached hydrogens (tertiary/aromatic N) is 1. The van der Waals surface area contributed by atoms with Gasteiger partial charge in [-0.2, -0.15) is 0 Å². The maximum atomic E-state index is 12.2. The number of hydrogen-bond donors (Lipinski definition) is 2. The summed E-state index contributed by atoms with van der Waals surface area (Å²) < 4.78 is 0. The normalized spacial score (nSPS) is 13.2. The molecule has 0 bridgehead atoms. The molecule has 0 spiro atoms. The minimum atomic E-state index is -0.607.